The van der Waals surface area contributed by atoms with E-state index in [4.69, 9.17) is 4.74 Å². The first-order valence-electron chi connectivity index (χ1n) is 10.0. The van der Waals surface area contributed by atoms with Gasteiger partial charge in [-0.1, -0.05) is 32.9 Å². The first-order valence-corrected chi connectivity index (χ1v) is 10.0. The Morgan fingerprint density at radius 1 is 1.22 bits per heavy atom. The maximum absolute atomic E-state index is 5.70. The van der Waals surface area contributed by atoms with Crippen LogP contribution >= 0.6 is 24.0 Å². The fourth-order valence-corrected chi connectivity index (χ4v) is 2.81. The Morgan fingerprint density at radius 2 is 1.96 bits per heavy atom. The number of guanidine groups is 1. The van der Waals surface area contributed by atoms with Crippen LogP contribution in [0.15, 0.2) is 29.3 Å². The minimum Gasteiger partial charge on any atom is -0.494 e. The van der Waals surface area contributed by atoms with E-state index in [-0.39, 0.29) is 24.0 Å². The molecule has 0 heterocycles. The molecular formula is C21H39IN4O. The molecule has 1 unspecified atom stereocenters. The van der Waals surface area contributed by atoms with Crippen LogP contribution in [0, 0.1) is 0 Å². The summed E-state index contributed by atoms with van der Waals surface area (Å²) in [4.78, 5) is 6.81. The SMILES string of the molecule is CCCOc1cccc(CNC(=NC)NC(C)CCCN(CC)CC)c1.I. The molecule has 0 aliphatic carbocycles. The lowest BCUT2D eigenvalue weighted by atomic mass is 10.2. The minimum atomic E-state index is 0. The molecule has 5 nitrogen and oxygen atoms in total. The van der Waals surface area contributed by atoms with Gasteiger partial charge in [-0.05, 0) is 63.5 Å². The quantitative estimate of drug-likeness (QED) is 0.261. The Balaban J connectivity index is 0.00000676. The van der Waals surface area contributed by atoms with E-state index < -0.39 is 0 Å². The molecule has 0 aliphatic rings. The van der Waals surface area contributed by atoms with Crippen LogP contribution in [0.3, 0.4) is 0 Å². The van der Waals surface area contributed by atoms with Crippen molar-refractivity contribution in [2.45, 2.75) is 59.5 Å². The molecule has 27 heavy (non-hydrogen) atoms. The molecule has 1 rings (SSSR count). The second kappa shape index (κ2) is 16.0. The third kappa shape index (κ3) is 11.4. The average molecular weight is 490 g/mol. The topological polar surface area (TPSA) is 48.9 Å². The molecule has 0 aromatic heterocycles. The second-order valence-electron chi connectivity index (χ2n) is 6.64. The fraction of sp³-hybridized carbons (Fsp3) is 0.667. The number of benzene rings is 1. The van der Waals surface area contributed by atoms with Crippen molar-refractivity contribution in [2.75, 3.05) is 33.3 Å². The van der Waals surface area contributed by atoms with Crippen molar-refractivity contribution in [2.24, 2.45) is 4.99 Å². The molecule has 1 aromatic carbocycles. The van der Waals surface area contributed by atoms with Crippen LogP contribution < -0.4 is 15.4 Å². The van der Waals surface area contributed by atoms with E-state index in [1.54, 1.807) is 0 Å². The predicted octanol–water partition coefficient (Wildman–Crippen LogP) is 4.27. The minimum absolute atomic E-state index is 0. The Labute approximate surface area is 183 Å². The van der Waals surface area contributed by atoms with Gasteiger partial charge in [0.25, 0.3) is 0 Å². The number of ether oxygens (including phenoxy) is 1. The third-order valence-corrected chi connectivity index (χ3v) is 4.44. The number of hydrogen-bond acceptors (Lipinski definition) is 3. The zero-order chi connectivity index (χ0) is 19.2. The lowest BCUT2D eigenvalue weighted by Gasteiger charge is -2.21. The summed E-state index contributed by atoms with van der Waals surface area (Å²) in [5.74, 6) is 1.78. The maximum Gasteiger partial charge on any atom is 0.191 e. The molecule has 0 fully saturated rings. The highest BCUT2D eigenvalue weighted by Gasteiger charge is 2.07. The van der Waals surface area contributed by atoms with Crippen molar-refractivity contribution in [3.63, 3.8) is 0 Å². The highest BCUT2D eigenvalue weighted by atomic mass is 127. The molecule has 0 saturated heterocycles. The maximum atomic E-state index is 5.70. The van der Waals surface area contributed by atoms with Gasteiger partial charge >= 0.3 is 0 Å². The van der Waals surface area contributed by atoms with Gasteiger partial charge < -0.3 is 20.3 Å². The van der Waals surface area contributed by atoms with Crippen LogP contribution in [0.4, 0.5) is 0 Å². The number of hydrogen-bond donors (Lipinski definition) is 2. The highest BCUT2D eigenvalue weighted by molar-refractivity contribution is 14.0. The molecule has 0 spiro atoms. The molecule has 0 saturated carbocycles. The smallest absolute Gasteiger partial charge is 0.191 e. The van der Waals surface area contributed by atoms with Crippen LogP contribution in [0.2, 0.25) is 0 Å². The first-order chi connectivity index (χ1) is 12.6. The van der Waals surface area contributed by atoms with E-state index in [1.807, 2.05) is 19.2 Å². The van der Waals surface area contributed by atoms with Crippen LogP contribution in [-0.4, -0.2) is 50.2 Å². The number of rotatable bonds is 12. The summed E-state index contributed by atoms with van der Waals surface area (Å²) in [6.07, 6.45) is 3.35. The van der Waals surface area contributed by atoms with E-state index in [0.29, 0.717) is 6.04 Å². The molecule has 1 aromatic rings. The molecule has 6 heteroatoms. The van der Waals surface area contributed by atoms with Crippen molar-refractivity contribution in [3.05, 3.63) is 29.8 Å². The zero-order valence-corrected chi connectivity index (χ0v) is 20.1. The van der Waals surface area contributed by atoms with Crippen molar-refractivity contribution in [1.29, 1.82) is 0 Å². The molecule has 2 N–H and O–H groups in total. The van der Waals surface area contributed by atoms with E-state index in [9.17, 15) is 0 Å². The van der Waals surface area contributed by atoms with E-state index in [0.717, 1.165) is 57.3 Å². The van der Waals surface area contributed by atoms with Crippen molar-refractivity contribution in [3.8, 4) is 5.75 Å². The number of nitrogens with one attached hydrogen (secondary N) is 2. The number of halogens is 1. The molecule has 0 bridgehead atoms. The van der Waals surface area contributed by atoms with Crippen molar-refractivity contribution < 1.29 is 4.74 Å². The summed E-state index contributed by atoms with van der Waals surface area (Å²) in [6.45, 7) is 13.7. The predicted molar refractivity (Wildman–Crippen MR) is 127 cm³/mol. The van der Waals surface area contributed by atoms with Gasteiger partial charge in [0.2, 0.25) is 0 Å². The summed E-state index contributed by atoms with van der Waals surface area (Å²) < 4.78 is 5.70. The molecule has 0 radical (unpaired) electrons. The van der Waals surface area contributed by atoms with Crippen molar-refractivity contribution >= 4 is 29.9 Å². The van der Waals surface area contributed by atoms with Gasteiger partial charge in [0.15, 0.2) is 5.96 Å². The van der Waals surface area contributed by atoms with Crippen LogP contribution in [0.25, 0.3) is 0 Å². The summed E-state index contributed by atoms with van der Waals surface area (Å²) in [6, 6.07) is 8.63. The average Bonchev–Trinajstić information content (AvgIpc) is 2.67. The molecule has 0 amide bonds. The first kappa shape index (κ1) is 26.0. The lowest BCUT2D eigenvalue weighted by Crippen LogP contribution is -2.42. The largest absolute Gasteiger partial charge is 0.494 e. The van der Waals surface area contributed by atoms with Gasteiger partial charge in [-0.25, -0.2) is 0 Å². The van der Waals surface area contributed by atoms with Crippen LogP contribution in [-0.2, 0) is 6.54 Å². The van der Waals surface area contributed by atoms with Gasteiger partial charge in [0, 0.05) is 19.6 Å². The van der Waals surface area contributed by atoms with Crippen LogP contribution in [0.1, 0.15) is 52.5 Å². The third-order valence-electron chi connectivity index (χ3n) is 4.44. The van der Waals surface area contributed by atoms with Gasteiger partial charge in [-0.2, -0.15) is 0 Å². The zero-order valence-electron chi connectivity index (χ0n) is 17.8. The lowest BCUT2D eigenvalue weighted by molar-refractivity contribution is 0.292. The number of nitrogens with zero attached hydrogens (tertiary/aromatic N) is 2. The van der Waals surface area contributed by atoms with E-state index in [1.165, 1.54) is 12.0 Å². The van der Waals surface area contributed by atoms with Crippen molar-refractivity contribution in [1.82, 2.24) is 15.5 Å². The highest BCUT2D eigenvalue weighted by Crippen LogP contribution is 2.13. The molecule has 0 aliphatic heterocycles. The standard InChI is InChI=1S/C21H38N4O.HI/c1-6-15-26-20-13-9-12-19(16-20)17-23-21(22-5)24-18(4)11-10-14-25(7-2)8-3;/h9,12-13,16,18H,6-8,10-11,14-15,17H2,1-5H3,(H2,22,23,24);1H. The Morgan fingerprint density at radius 3 is 2.59 bits per heavy atom. The van der Waals surface area contributed by atoms with E-state index >= 15 is 0 Å². The Kier molecular flexibility index (Phi) is 15.4. The van der Waals surface area contributed by atoms with Gasteiger partial charge in [0.1, 0.15) is 5.75 Å². The Hall–Kier alpha value is -1.02. The molecule has 156 valence electrons. The monoisotopic (exact) mass is 490 g/mol. The Bertz CT molecular complexity index is 521. The summed E-state index contributed by atoms with van der Waals surface area (Å²) in [5.41, 5.74) is 1.19. The summed E-state index contributed by atoms with van der Waals surface area (Å²) in [5, 5.41) is 6.88. The normalized spacial score (nSPS) is 12.4. The van der Waals surface area contributed by atoms with Crippen LogP contribution in [0.5, 0.6) is 5.75 Å². The van der Waals surface area contributed by atoms with E-state index in [2.05, 4.69) is 60.4 Å². The number of aliphatic imine (C=N–C) groups is 1. The summed E-state index contributed by atoms with van der Waals surface area (Å²) in [7, 11) is 1.82. The van der Waals surface area contributed by atoms with Gasteiger partial charge in [-0.15, -0.1) is 24.0 Å². The molecule has 1 atom stereocenters. The summed E-state index contributed by atoms with van der Waals surface area (Å²) >= 11 is 0. The fourth-order valence-electron chi connectivity index (χ4n) is 2.81. The second-order valence-corrected chi connectivity index (χ2v) is 6.64. The van der Waals surface area contributed by atoms with Gasteiger partial charge in [-0.3, -0.25) is 4.99 Å². The molecular weight excluding hydrogens is 451 g/mol. The van der Waals surface area contributed by atoms with Gasteiger partial charge in [0.05, 0.1) is 6.61 Å².